The van der Waals surface area contributed by atoms with Crippen molar-refractivity contribution in [3.63, 3.8) is 0 Å². The highest BCUT2D eigenvalue weighted by molar-refractivity contribution is 5.24. The van der Waals surface area contributed by atoms with Crippen molar-refractivity contribution in [1.29, 1.82) is 0 Å². The Labute approximate surface area is 134 Å². The van der Waals surface area contributed by atoms with Crippen LogP contribution in [0.2, 0.25) is 0 Å². The maximum Gasteiger partial charge on any atom is 0.0476 e. The Morgan fingerprint density at radius 2 is 1.59 bits per heavy atom. The molecule has 2 nitrogen and oxygen atoms in total. The van der Waals surface area contributed by atoms with Crippen LogP contribution in [-0.4, -0.2) is 24.0 Å². The normalized spacial score (nSPS) is 24.1. The summed E-state index contributed by atoms with van der Waals surface area (Å²) in [6.07, 6.45) is 1.19. The maximum absolute atomic E-state index is 3.75. The minimum Gasteiger partial charge on any atom is -0.307 e. The van der Waals surface area contributed by atoms with Crippen molar-refractivity contribution >= 4 is 0 Å². The second kappa shape index (κ2) is 7.08. The van der Waals surface area contributed by atoms with Crippen LogP contribution in [0.3, 0.4) is 0 Å². The smallest absolute Gasteiger partial charge is 0.0476 e. The number of nitrogens with one attached hydrogen (secondary N) is 1. The topological polar surface area (TPSA) is 15.3 Å². The Balaban J connectivity index is 1.83. The lowest BCUT2D eigenvalue weighted by Gasteiger charge is -2.44. The largest absolute Gasteiger partial charge is 0.307 e. The number of piperazine rings is 1. The van der Waals surface area contributed by atoms with Gasteiger partial charge in [-0.3, -0.25) is 4.90 Å². The standard InChI is InChI=1S/C20H26N2/c1-3-16(2)22-15-19(17-10-6-4-7-11-17)21-14-20(22)18-12-8-5-9-13-18/h4-13,16,19-21H,3,14-15H2,1-2H3. The first-order valence-corrected chi connectivity index (χ1v) is 8.38. The fourth-order valence-corrected chi connectivity index (χ4v) is 3.39. The van der Waals surface area contributed by atoms with Crippen molar-refractivity contribution in [2.75, 3.05) is 13.1 Å². The van der Waals surface area contributed by atoms with Crippen LogP contribution in [0.4, 0.5) is 0 Å². The highest BCUT2D eigenvalue weighted by atomic mass is 15.3. The summed E-state index contributed by atoms with van der Waals surface area (Å²) < 4.78 is 0. The molecule has 116 valence electrons. The van der Waals surface area contributed by atoms with Crippen molar-refractivity contribution in [3.8, 4) is 0 Å². The second-order valence-corrected chi connectivity index (χ2v) is 6.25. The number of hydrogen-bond donors (Lipinski definition) is 1. The third-order valence-corrected chi connectivity index (χ3v) is 4.89. The molecule has 0 aromatic heterocycles. The van der Waals surface area contributed by atoms with Gasteiger partial charge in [0.05, 0.1) is 0 Å². The molecule has 1 fully saturated rings. The van der Waals surface area contributed by atoms with E-state index in [0.717, 1.165) is 13.1 Å². The Morgan fingerprint density at radius 1 is 1.00 bits per heavy atom. The summed E-state index contributed by atoms with van der Waals surface area (Å²) in [7, 11) is 0. The Bertz CT molecular complexity index is 567. The molecule has 3 unspecified atom stereocenters. The minimum absolute atomic E-state index is 0.426. The average Bonchev–Trinajstić information content (AvgIpc) is 2.62. The molecule has 2 heteroatoms. The monoisotopic (exact) mass is 294 g/mol. The molecule has 1 aliphatic heterocycles. The molecule has 2 aromatic rings. The SMILES string of the molecule is CCC(C)N1CC(c2ccccc2)NCC1c1ccccc1. The number of rotatable bonds is 4. The molecule has 1 N–H and O–H groups in total. The Morgan fingerprint density at radius 3 is 2.18 bits per heavy atom. The van der Waals surface area contributed by atoms with E-state index in [0.29, 0.717) is 18.1 Å². The molecule has 1 heterocycles. The molecular formula is C20H26N2. The molecule has 0 amide bonds. The zero-order chi connectivity index (χ0) is 15.4. The molecule has 3 atom stereocenters. The Hall–Kier alpha value is -1.64. The lowest BCUT2D eigenvalue weighted by atomic mass is 9.95. The lowest BCUT2D eigenvalue weighted by Crippen LogP contribution is -2.51. The van der Waals surface area contributed by atoms with E-state index in [1.165, 1.54) is 17.5 Å². The summed E-state index contributed by atoms with van der Waals surface area (Å²) in [5.74, 6) is 0. The maximum atomic E-state index is 3.75. The highest BCUT2D eigenvalue weighted by Gasteiger charge is 2.31. The predicted molar refractivity (Wildman–Crippen MR) is 92.8 cm³/mol. The van der Waals surface area contributed by atoms with Crippen molar-refractivity contribution in [2.24, 2.45) is 0 Å². The van der Waals surface area contributed by atoms with E-state index in [9.17, 15) is 0 Å². The zero-order valence-corrected chi connectivity index (χ0v) is 13.6. The van der Waals surface area contributed by atoms with Gasteiger partial charge in [-0.05, 0) is 24.5 Å². The van der Waals surface area contributed by atoms with Gasteiger partial charge in [-0.15, -0.1) is 0 Å². The van der Waals surface area contributed by atoms with Gasteiger partial charge in [0.25, 0.3) is 0 Å². The summed E-state index contributed by atoms with van der Waals surface area (Å²) in [5.41, 5.74) is 2.81. The van der Waals surface area contributed by atoms with E-state index < -0.39 is 0 Å². The Kier molecular flexibility index (Phi) is 4.91. The summed E-state index contributed by atoms with van der Waals surface area (Å²) in [5, 5.41) is 3.75. The quantitative estimate of drug-likeness (QED) is 0.910. The second-order valence-electron chi connectivity index (χ2n) is 6.25. The summed E-state index contributed by atoms with van der Waals surface area (Å²) in [6, 6.07) is 23.2. The van der Waals surface area contributed by atoms with Gasteiger partial charge in [0.15, 0.2) is 0 Å². The van der Waals surface area contributed by atoms with Crippen LogP contribution in [0, 0.1) is 0 Å². The molecule has 0 aliphatic carbocycles. The van der Waals surface area contributed by atoms with Crippen LogP contribution in [-0.2, 0) is 0 Å². The van der Waals surface area contributed by atoms with Crippen LogP contribution in [0.5, 0.6) is 0 Å². The van der Waals surface area contributed by atoms with Crippen molar-refractivity contribution in [3.05, 3.63) is 71.8 Å². The fourth-order valence-electron chi connectivity index (χ4n) is 3.39. The van der Waals surface area contributed by atoms with Gasteiger partial charge in [-0.2, -0.15) is 0 Å². The summed E-state index contributed by atoms with van der Waals surface area (Å²) in [6.45, 7) is 6.71. The van der Waals surface area contributed by atoms with Gasteiger partial charge < -0.3 is 5.32 Å². The number of benzene rings is 2. The van der Waals surface area contributed by atoms with Gasteiger partial charge in [-0.25, -0.2) is 0 Å². The van der Waals surface area contributed by atoms with Crippen LogP contribution >= 0.6 is 0 Å². The first-order valence-electron chi connectivity index (χ1n) is 8.38. The van der Waals surface area contributed by atoms with Crippen LogP contribution in [0.25, 0.3) is 0 Å². The third-order valence-electron chi connectivity index (χ3n) is 4.89. The minimum atomic E-state index is 0.426. The van der Waals surface area contributed by atoms with E-state index in [-0.39, 0.29) is 0 Å². The predicted octanol–water partition coefficient (Wildman–Crippen LogP) is 4.17. The van der Waals surface area contributed by atoms with Gasteiger partial charge in [0.2, 0.25) is 0 Å². The lowest BCUT2D eigenvalue weighted by molar-refractivity contribution is 0.0865. The first-order chi connectivity index (χ1) is 10.8. The molecule has 0 bridgehead atoms. The fraction of sp³-hybridized carbons (Fsp3) is 0.400. The van der Waals surface area contributed by atoms with Gasteiger partial charge in [0, 0.05) is 31.2 Å². The van der Waals surface area contributed by atoms with Gasteiger partial charge in [0.1, 0.15) is 0 Å². The molecule has 1 aliphatic rings. The summed E-state index contributed by atoms with van der Waals surface area (Å²) in [4.78, 5) is 2.67. The van der Waals surface area contributed by atoms with E-state index in [4.69, 9.17) is 0 Å². The number of hydrogen-bond acceptors (Lipinski definition) is 2. The molecule has 3 rings (SSSR count). The molecule has 0 saturated carbocycles. The molecule has 2 aromatic carbocycles. The molecule has 0 radical (unpaired) electrons. The van der Waals surface area contributed by atoms with Gasteiger partial charge in [-0.1, -0.05) is 67.6 Å². The first kappa shape index (κ1) is 15.3. The van der Waals surface area contributed by atoms with E-state index in [2.05, 4.69) is 84.7 Å². The van der Waals surface area contributed by atoms with Crippen LogP contribution in [0.15, 0.2) is 60.7 Å². The third kappa shape index (κ3) is 3.23. The van der Waals surface area contributed by atoms with Gasteiger partial charge >= 0.3 is 0 Å². The molecule has 0 spiro atoms. The molecule has 22 heavy (non-hydrogen) atoms. The summed E-state index contributed by atoms with van der Waals surface area (Å²) >= 11 is 0. The highest BCUT2D eigenvalue weighted by Crippen LogP contribution is 2.30. The van der Waals surface area contributed by atoms with Crippen LogP contribution in [0.1, 0.15) is 43.5 Å². The van der Waals surface area contributed by atoms with Crippen LogP contribution < -0.4 is 5.32 Å². The number of nitrogens with zero attached hydrogens (tertiary/aromatic N) is 1. The molecule has 1 saturated heterocycles. The van der Waals surface area contributed by atoms with Crippen molar-refractivity contribution in [1.82, 2.24) is 10.2 Å². The zero-order valence-electron chi connectivity index (χ0n) is 13.6. The van der Waals surface area contributed by atoms with E-state index in [1.807, 2.05) is 0 Å². The average molecular weight is 294 g/mol. The van der Waals surface area contributed by atoms with E-state index >= 15 is 0 Å². The van der Waals surface area contributed by atoms with Crippen molar-refractivity contribution in [2.45, 2.75) is 38.4 Å². The van der Waals surface area contributed by atoms with E-state index in [1.54, 1.807) is 0 Å². The molecular weight excluding hydrogens is 268 g/mol. The van der Waals surface area contributed by atoms with Crippen molar-refractivity contribution < 1.29 is 0 Å².